The molecule has 2 aromatic rings. The summed E-state index contributed by atoms with van der Waals surface area (Å²) in [5.41, 5.74) is 1.45. The first-order valence-corrected chi connectivity index (χ1v) is 14.3. The van der Waals surface area contributed by atoms with Crippen LogP contribution in [0.3, 0.4) is 0 Å². The number of unbranched alkanes of at least 4 members (excludes halogenated alkanes) is 3. The van der Waals surface area contributed by atoms with E-state index in [0.29, 0.717) is 5.56 Å². The molecule has 0 spiro atoms. The smallest absolute Gasteiger partial charge is 0.185 e. The summed E-state index contributed by atoms with van der Waals surface area (Å²) >= 11 is 0. The summed E-state index contributed by atoms with van der Waals surface area (Å²) in [4.78, 5) is 13.1. The van der Waals surface area contributed by atoms with Crippen LogP contribution in [0, 0.1) is 0 Å². The summed E-state index contributed by atoms with van der Waals surface area (Å²) in [7, 11) is 0. The van der Waals surface area contributed by atoms with Gasteiger partial charge < -0.3 is 14.2 Å². The molecule has 0 heterocycles. The minimum atomic E-state index is -0.0701. The molecule has 3 atom stereocenters. The molecular formula is C33H48O4. The summed E-state index contributed by atoms with van der Waals surface area (Å²) in [5.74, 6) is 2.22. The quantitative estimate of drug-likeness (QED) is 0.149. The van der Waals surface area contributed by atoms with Crippen LogP contribution >= 0.6 is 0 Å². The number of carbonyl (C=O) groups is 1. The van der Waals surface area contributed by atoms with E-state index in [1.54, 1.807) is 6.08 Å². The molecule has 204 valence electrons. The van der Waals surface area contributed by atoms with Crippen LogP contribution in [0.4, 0.5) is 0 Å². The van der Waals surface area contributed by atoms with Gasteiger partial charge in [0.25, 0.3) is 0 Å². The first-order valence-electron chi connectivity index (χ1n) is 14.3. The summed E-state index contributed by atoms with van der Waals surface area (Å²) in [6, 6.07) is 13.3. The standard InChI is InChI=1S/C33H48O4/c1-7-10-14-25(4)35-30-18-13-17-28(23-30)32(34)21-19-29-24-31(36-26(5)15-11-8-2)20-22-33(29)37-27(6)16-12-9-3/h13,17-27H,7-12,14-16H2,1-6H3/b21-19-. The number of carbonyl (C=O) groups excluding carboxylic acids is 1. The zero-order chi connectivity index (χ0) is 27.0. The second kappa shape index (κ2) is 16.9. The van der Waals surface area contributed by atoms with E-state index in [9.17, 15) is 4.79 Å². The average molecular weight is 509 g/mol. The molecule has 2 rings (SSSR count). The number of allylic oxidation sites excluding steroid dienone is 1. The van der Waals surface area contributed by atoms with Crippen molar-refractivity contribution in [3.63, 3.8) is 0 Å². The SMILES string of the molecule is CCCCC(C)Oc1cccc(C(=O)/C=C\c2cc(OC(C)CCCC)ccc2OC(C)CCCC)c1. The Morgan fingerprint density at radius 1 is 0.730 bits per heavy atom. The number of hydrogen-bond donors (Lipinski definition) is 0. The first kappa shape index (κ1) is 30.5. The monoisotopic (exact) mass is 508 g/mol. The first-order chi connectivity index (χ1) is 17.9. The molecule has 0 N–H and O–H groups in total. The molecule has 0 bridgehead atoms. The highest BCUT2D eigenvalue weighted by molar-refractivity contribution is 6.07. The van der Waals surface area contributed by atoms with E-state index in [1.165, 1.54) is 0 Å². The molecule has 0 aliphatic rings. The van der Waals surface area contributed by atoms with E-state index >= 15 is 0 Å². The van der Waals surface area contributed by atoms with E-state index in [0.717, 1.165) is 80.6 Å². The fourth-order valence-corrected chi connectivity index (χ4v) is 4.15. The Morgan fingerprint density at radius 2 is 1.27 bits per heavy atom. The van der Waals surface area contributed by atoms with Gasteiger partial charge in [-0.2, -0.15) is 0 Å². The molecule has 0 aliphatic carbocycles. The Morgan fingerprint density at radius 3 is 1.84 bits per heavy atom. The largest absolute Gasteiger partial charge is 0.491 e. The average Bonchev–Trinajstić information content (AvgIpc) is 2.89. The van der Waals surface area contributed by atoms with Gasteiger partial charge in [-0.1, -0.05) is 71.4 Å². The van der Waals surface area contributed by atoms with Crippen LogP contribution in [0.15, 0.2) is 48.5 Å². The second-order valence-corrected chi connectivity index (χ2v) is 10.1. The van der Waals surface area contributed by atoms with Gasteiger partial charge in [0.15, 0.2) is 5.78 Å². The normalized spacial score (nSPS) is 13.8. The van der Waals surface area contributed by atoms with Crippen molar-refractivity contribution in [2.45, 2.75) is 118 Å². The van der Waals surface area contributed by atoms with Gasteiger partial charge in [-0.3, -0.25) is 4.79 Å². The highest BCUT2D eigenvalue weighted by atomic mass is 16.5. The lowest BCUT2D eigenvalue weighted by atomic mass is 10.1. The summed E-state index contributed by atoms with van der Waals surface area (Å²) in [6.45, 7) is 12.8. The number of ether oxygens (including phenoxy) is 3. The topological polar surface area (TPSA) is 44.8 Å². The van der Waals surface area contributed by atoms with Crippen molar-refractivity contribution in [1.82, 2.24) is 0 Å². The molecule has 4 heteroatoms. The van der Waals surface area contributed by atoms with Crippen molar-refractivity contribution in [3.05, 3.63) is 59.7 Å². The van der Waals surface area contributed by atoms with Gasteiger partial charge in [-0.05, 0) is 82.5 Å². The lowest BCUT2D eigenvalue weighted by molar-refractivity contribution is 0.104. The fraction of sp³-hybridized carbons (Fsp3) is 0.545. The van der Waals surface area contributed by atoms with Crippen LogP contribution in [0.25, 0.3) is 6.08 Å². The number of benzene rings is 2. The van der Waals surface area contributed by atoms with Crippen molar-refractivity contribution in [2.75, 3.05) is 0 Å². The molecule has 4 nitrogen and oxygen atoms in total. The Kier molecular flexibility index (Phi) is 13.9. The molecule has 2 aromatic carbocycles. The number of hydrogen-bond acceptors (Lipinski definition) is 4. The molecular weight excluding hydrogens is 460 g/mol. The van der Waals surface area contributed by atoms with Gasteiger partial charge in [-0.25, -0.2) is 0 Å². The Bertz CT molecular complexity index is 965. The summed E-state index contributed by atoms with van der Waals surface area (Å²) < 4.78 is 18.5. The van der Waals surface area contributed by atoms with Gasteiger partial charge in [-0.15, -0.1) is 0 Å². The van der Waals surface area contributed by atoms with E-state index in [2.05, 4.69) is 41.5 Å². The Balaban J connectivity index is 2.20. The van der Waals surface area contributed by atoms with Crippen LogP contribution in [0.5, 0.6) is 17.2 Å². The van der Waals surface area contributed by atoms with E-state index in [-0.39, 0.29) is 24.1 Å². The summed E-state index contributed by atoms with van der Waals surface area (Å²) in [5, 5.41) is 0. The maximum Gasteiger partial charge on any atom is 0.185 e. The summed E-state index contributed by atoms with van der Waals surface area (Å²) in [6.07, 6.45) is 13.6. The Labute approximate surface area is 225 Å². The second-order valence-electron chi connectivity index (χ2n) is 10.1. The van der Waals surface area contributed by atoms with Crippen molar-refractivity contribution in [1.29, 1.82) is 0 Å². The third kappa shape index (κ3) is 11.5. The molecule has 0 aromatic heterocycles. The van der Waals surface area contributed by atoms with Crippen LogP contribution in [-0.2, 0) is 0 Å². The Hall–Kier alpha value is -2.75. The van der Waals surface area contributed by atoms with Crippen LogP contribution < -0.4 is 14.2 Å². The molecule has 3 unspecified atom stereocenters. The number of ketones is 1. The molecule has 0 fully saturated rings. The lowest BCUT2D eigenvalue weighted by Gasteiger charge is -2.19. The van der Waals surface area contributed by atoms with E-state index < -0.39 is 0 Å². The lowest BCUT2D eigenvalue weighted by Crippen LogP contribution is -2.13. The number of rotatable bonds is 18. The molecule has 0 amide bonds. The third-order valence-corrected chi connectivity index (χ3v) is 6.41. The fourth-order valence-electron chi connectivity index (χ4n) is 4.15. The third-order valence-electron chi connectivity index (χ3n) is 6.41. The van der Waals surface area contributed by atoms with Crippen molar-refractivity contribution >= 4 is 11.9 Å². The zero-order valence-corrected chi connectivity index (χ0v) is 23.9. The molecule has 0 saturated heterocycles. The maximum atomic E-state index is 13.1. The molecule has 0 radical (unpaired) electrons. The highest BCUT2D eigenvalue weighted by Gasteiger charge is 2.12. The predicted octanol–water partition coefficient (Wildman–Crippen LogP) is 9.46. The van der Waals surface area contributed by atoms with Crippen LogP contribution in [0.1, 0.15) is 115 Å². The van der Waals surface area contributed by atoms with Gasteiger partial charge in [0.2, 0.25) is 0 Å². The van der Waals surface area contributed by atoms with Crippen molar-refractivity contribution in [2.24, 2.45) is 0 Å². The molecule has 37 heavy (non-hydrogen) atoms. The molecule has 0 aliphatic heterocycles. The van der Waals surface area contributed by atoms with Crippen LogP contribution in [-0.4, -0.2) is 24.1 Å². The van der Waals surface area contributed by atoms with E-state index in [4.69, 9.17) is 14.2 Å². The van der Waals surface area contributed by atoms with Crippen molar-refractivity contribution < 1.29 is 19.0 Å². The minimum Gasteiger partial charge on any atom is -0.491 e. The van der Waals surface area contributed by atoms with Gasteiger partial charge in [0.05, 0.1) is 18.3 Å². The zero-order valence-electron chi connectivity index (χ0n) is 23.9. The van der Waals surface area contributed by atoms with Gasteiger partial charge in [0.1, 0.15) is 17.2 Å². The predicted molar refractivity (Wildman–Crippen MR) is 155 cm³/mol. The van der Waals surface area contributed by atoms with Crippen molar-refractivity contribution in [3.8, 4) is 17.2 Å². The highest BCUT2D eigenvalue weighted by Crippen LogP contribution is 2.29. The van der Waals surface area contributed by atoms with E-state index in [1.807, 2.05) is 48.5 Å². The molecule has 0 saturated carbocycles. The van der Waals surface area contributed by atoms with Gasteiger partial charge in [0, 0.05) is 11.1 Å². The maximum absolute atomic E-state index is 13.1. The van der Waals surface area contributed by atoms with Crippen LogP contribution in [0.2, 0.25) is 0 Å². The van der Waals surface area contributed by atoms with Gasteiger partial charge >= 0.3 is 0 Å². The minimum absolute atomic E-state index is 0.0701.